The Kier molecular flexibility index (Phi) is 2.97. The average molecular weight is 192 g/mol. The number of pyridine rings is 1. The highest BCUT2D eigenvalue weighted by molar-refractivity contribution is 6.31. The van der Waals surface area contributed by atoms with E-state index in [1.54, 1.807) is 19.4 Å². The smallest absolute Gasteiger partial charge is 0.137 e. The van der Waals surface area contributed by atoms with Gasteiger partial charge in [0, 0.05) is 11.8 Å². The van der Waals surface area contributed by atoms with Crippen LogP contribution < -0.4 is 4.74 Å². The number of hydrogen-bond donors (Lipinski definition) is 0. The molecule has 1 aromatic heterocycles. The molecule has 1 heterocycles. The van der Waals surface area contributed by atoms with E-state index < -0.39 is 0 Å². The Hall–Kier alpha value is -0.470. The first-order chi connectivity index (χ1) is 5.29. The predicted molar refractivity (Wildman–Crippen MR) is 45.4 cm³/mol. The minimum Gasteiger partial charge on any atom is -0.496 e. The van der Waals surface area contributed by atoms with Gasteiger partial charge in [0.25, 0.3) is 0 Å². The van der Waals surface area contributed by atoms with Crippen LogP contribution in [-0.4, -0.2) is 12.1 Å². The van der Waals surface area contributed by atoms with E-state index in [4.69, 9.17) is 27.9 Å². The normalized spacial score (nSPS) is 9.73. The van der Waals surface area contributed by atoms with Crippen molar-refractivity contribution in [2.75, 3.05) is 7.11 Å². The van der Waals surface area contributed by atoms with Gasteiger partial charge in [0.2, 0.25) is 0 Å². The van der Waals surface area contributed by atoms with Gasteiger partial charge >= 0.3 is 0 Å². The molecule has 4 heteroatoms. The molecule has 0 aliphatic heterocycles. The molecule has 1 aromatic rings. The first-order valence-electron chi connectivity index (χ1n) is 3.03. The standard InChI is InChI=1S/C7H7Cl2NO/c1-11-6-2-3-10-7(9)5(6)4-8/h2-3H,4H2,1H3. The molecular weight excluding hydrogens is 185 g/mol. The maximum atomic E-state index is 5.73. The van der Waals surface area contributed by atoms with Crippen molar-refractivity contribution in [1.29, 1.82) is 0 Å². The Morgan fingerprint density at radius 2 is 2.36 bits per heavy atom. The summed E-state index contributed by atoms with van der Waals surface area (Å²) < 4.78 is 5.01. The zero-order valence-electron chi connectivity index (χ0n) is 5.97. The largest absolute Gasteiger partial charge is 0.496 e. The minimum absolute atomic E-state index is 0.315. The van der Waals surface area contributed by atoms with Crippen LogP contribution in [0.15, 0.2) is 12.3 Å². The van der Waals surface area contributed by atoms with E-state index >= 15 is 0 Å². The zero-order valence-corrected chi connectivity index (χ0v) is 7.49. The van der Waals surface area contributed by atoms with Crippen LogP contribution in [0.2, 0.25) is 5.15 Å². The summed E-state index contributed by atoms with van der Waals surface area (Å²) >= 11 is 11.3. The number of ether oxygens (including phenoxy) is 1. The number of aromatic nitrogens is 1. The molecule has 0 saturated heterocycles. The molecule has 0 saturated carbocycles. The SMILES string of the molecule is COc1ccnc(Cl)c1CCl. The number of methoxy groups -OCH3 is 1. The summed E-state index contributed by atoms with van der Waals surface area (Å²) in [6.45, 7) is 0. The highest BCUT2D eigenvalue weighted by Crippen LogP contribution is 2.25. The van der Waals surface area contributed by atoms with E-state index in [1.807, 2.05) is 0 Å². The minimum atomic E-state index is 0.315. The van der Waals surface area contributed by atoms with E-state index in [0.29, 0.717) is 16.8 Å². The van der Waals surface area contributed by atoms with E-state index in [9.17, 15) is 0 Å². The Morgan fingerprint density at radius 3 is 2.82 bits per heavy atom. The van der Waals surface area contributed by atoms with E-state index in [-0.39, 0.29) is 0 Å². The third-order valence-electron chi connectivity index (χ3n) is 1.31. The summed E-state index contributed by atoms with van der Waals surface area (Å²) in [6.07, 6.45) is 1.58. The molecule has 0 aliphatic rings. The highest BCUT2D eigenvalue weighted by atomic mass is 35.5. The van der Waals surface area contributed by atoms with Crippen molar-refractivity contribution in [3.63, 3.8) is 0 Å². The molecule has 0 atom stereocenters. The maximum Gasteiger partial charge on any atom is 0.137 e. The van der Waals surface area contributed by atoms with Crippen molar-refractivity contribution in [3.05, 3.63) is 23.0 Å². The Morgan fingerprint density at radius 1 is 1.64 bits per heavy atom. The summed E-state index contributed by atoms with van der Waals surface area (Å²) in [5, 5.41) is 0.402. The molecule has 0 amide bonds. The van der Waals surface area contributed by atoms with Gasteiger partial charge in [-0.3, -0.25) is 0 Å². The second-order valence-corrected chi connectivity index (χ2v) is 2.54. The third-order valence-corrected chi connectivity index (χ3v) is 1.91. The number of alkyl halides is 1. The third kappa shape index (κ3) is 1.76. The van der Waals surface area contributed by atoms with Crippen LogP contribution in [-0.2, 0) is 5.88 Å². The zero-order chi connectivity index (χ0) is 8.27. The molecule has 0 bridgehead atoms. The lowest BCUT2D eigenvalue weighted by molar-refractivity contribution is 0.410. The molecule has 0 N–H and O–H groups in total. The van der Waals surface area contributed by atoms with Gasteiger partial charge in [-0.1, -0.05) is 11.6 Å². The van der Waals surface area contributed by atoms with E-state index in [1.165, 1.54) is 0 Å². The molecule has 0 spiro atoms. The molecular formula is C7H7Cl2NO. The van der Waals surface area contributed by atoms with Gasteiger partial charge in [0.1, 0.15) is 10.9 Å². The summed E-state index contributed by atoms with van der Waals surface area (Å²) in [7, 11) is 1.57. The van der Waals surface area contributed by atoms with Crippen molar-refractivity contribution in [3.8, 4) is 5.75 Å². The van der Waals surface area contributed by atoms with Gasteiger partial charge in [-0.2, -0.15) is 0 Å². The lowest BCUT2D eigenvalue weighted by Gasteiger charge is -2.05. The average Bonchev–Trinajstić information content (AvgIpc) is 2.04. The van der Waals surface area contributed by atoms with Gasteiger partial charge in [-0.15, -0.1) is 11.6 Å². The van der Waals surface area contributed by atoms with Gasteiger partial charge in [0.05, 0.1) is 13.0 Å². The summed E-state index contributed by atoms with van der Waals surface area (Å²) in [6, 6.07) is 1.73. The van der Waals surface area contributed by atoms with Crippen LogP contribution >= 0.6 is 23.2 Å². The fourth-order valence-corrected chi connectivity index (χ4v) is 1.31. The molecule has 11 heavy (non-hydrogen) atoms. The fourth-order valence-electron chi connectivity index (χ4n) is 0.763. The lowest BCUT2D eigenvalue weighted by atomic mass is 10.3. The summed E-state index contributed by atoms with van der Waals surface area (Å²) in [5.41, 5.74) is 0.735. The molecule has 0 radical (unpaired) electrons. The second kappa shape index (κ2) is 3.79. The molecule has 0 unspecified atom stereocenters. The molecule has 2 nitrogen and oxygen atoms in total. The van der Waals surface area contributed by atoms with Crippen molar-refractivity contribution >= 4 is 23.2 Å². The monoisotopic (exact) mass is 191 g/mol. The Balaban J connectivity index is 3.13. The molecule has 0 aromatic carbocycles. The Labute approximate surface area is 75.1 Å². The van der Waals surface area contributed by atoms with Crippen molar-refractivity contribution in [2.24, 2.45) is 0 Å². The van der Waals surface area contributed by atoms with Crippen LogP contribution in [0.4, 0.5) is 0 Å². The van der Waals surface area contributed by atoms with Crippen LogP contribution in [0, 0.1) is 0 Å². The van der Waals surface area contributed by atoms with Gasteiger partial charge in [0.15, 0.2) is 0 Å². The lowest BCUT2D eigenvalue weighted by Crippen LogP contribution is -1.91. The first-order valence-corrected chi connectivity index (χ1v) is 3.94. The van der Waals surface area contributed by atoms with Gasteiger partial charge in [-0.05, 0) is 6.07 Å². The van der Waals surface area contributed by atoms with Gasteiger partial charge < -0.3 is 4.74 Å². The van der Waals surface area contributed by atoms with E-state index in [0.717, 1.165) is 5.56 Å². The van der Waals surface area contributed by atoms with Crippen LogP contribution in [0.25, 0.3) is 0 Å². The highest BCUT2D eigenvalue weighted by Gasteiger charge is 2.05. The quantitative estimate of drug-likeness (QED) is 0.530. The van der Waals surface area contributed by atoms with E-state index in [2.05, 4.69) is 4.98 Å². The predicted octanol–water partition coefficient (Wildman–Crippen LogP) is 2.48. The number of halogens is 2. The topological polar surface area (TPSA) is 22.1 Å². The summed E-state index contributed by atoms with van der Waals surface area (Å²) in [5.74, 6) is 0.996. The Bertz CT molecular complexity index is 252. The van der Waals surface area contributed by atoms with Crippen LogP contribution in [0.3, 0.4) is 0 Å². The van der Waals surface area contributed by atoms with Crippen molar-refractivity contribution in [2.45, 2.75) is 5.88 Å². The van der Waals surface area contributed by atoms with Crippen molar-refractivity contribution < 1.29 is 4.74 Å². The van der Waals surface area contributed by atoms with Crippen LogP contribution in [0.1, 0.15) is 5.56 Å². The molecule has 60 valence electrons. The maximum absolute atomic E-state index is 5.73. The first kappa shape index (κ1) is 8.62. The van der Waals surface area contributed by atoms with Crippen molar-refractivity contribution in [1.82, 2.24) is 4.98 Å². The number of nitrogens with zero attached hydrogens (tertiary/aromatic N) is 1. The molecule has 0 aliphatic carbocycles. The molecule has 1 rings (SSSR count). The number of rotatable bonds is 2. The second-order valence-electron chi connectivity index (χ2n) is 1.92. The molecule has 0 fully saturated rings. The van der Waals surface area contributed by atoms with Crippen LogP contribution in [0.5, 0.6) is 5.75 Å². The number of hydrogen-bond acceptors (Lipinski definition) is 2. The summed E-state index contributed by atoms with van der Waals surface area (Å²) in [4.78, 5) is 3.86. The fraction of sp³-hybridized carbons (Fsp3) is 0.286. The van der Waals surface area contributed by atoms with Gasteiger partial charge in [-0.25, -0.2) is 4.98 Å².